The summed E-state index contributed by atoms with van der Waals surface area (Å²) in [5, 5.41) is 2.13. The molecule has 0 unspecified atom stereocenters. The van der Waals surface area contributed by atoms with Crippen LogP contribution in [0.2, 0.25) is 0 Å². The van der Waals surface area contributed by atoms with Gasteiger partial charge in [-0.2, -0.15) is 0 Å². The van der Waals surface area contributed by atoms with Crippen LogP contribution in [0.1, 0.15) is 25.1 Å². The fraction of sp³-hybridized carbons (Fsp3) is 0.583. The summed E-state index contributed by atoms with van der Waals surface area (Å²) in [5.41, 5.74) is 5.54. The Balaban J connectivity index is 2.36. The summed E-state index contributed by atoms with van der Waals surface area (Å²) in [5.74, 6) is 0. The van der Waals surface area contributed by atoms with Crippen LogP contribution < -0.4 is 5.73 Å². The molecule has 0 aliphatic rings. The van der Waals surface area contributed by atoms with Crippen LogP contribution >= 0.6 is 23.6 Å². The predicted molar refractivity (Wildman–Crippen MR) is 76.1 cm³/mol. The highest BCUT2D eigenvalue weighted by Crippen LogP contribution is 2.11. The Labute approximate surface area is 107 Å². The molecule has 1 aromatic heterocycles. The molecule has 1 heterocycles. The third-order valence-corrected chi connectivity index (χ3v) is 3.74. The van der Waals surface area contributed by atoms with E-state index in [1.54, 1.807) is 0 Å². The van der Waals surface area contributed by atoms with Crippen LogP contribution in [0.15, 0.2) is 17.5 Å². The zero-order chi connectivity index (χ0) is 12.0. The largest absolute Gasteiger partial charge is 0.393 e. The van der Waals surface area contributed by atoms with Gasteiger partial charge in [0.2, 0.25) is 0 Å². The van der Waals surface area contributed by atoms with Gasteiger partial charge in [-0.3, -0.25) is 0 Å². The van der Waals surface area contributed by atoms with Gasteiger partial charge >= 0.3 is 0 Å². The van der Waals surface area contributed by atoms with E-state index >= 15 is 0 Å². The zero-order valence-electron chi connectivity index (χ0n) is 9.98. The number of nitrogens with zero attached hydrogens (tertiary/aromatic N) is 1. The maximum Gasteiger partial charge on any atom is 0.0740 e. The Kier molecular flexibility index (Phi) is 5.95. The molecule has 0 aromatic carbocycles. The van der Waals surface area contributed by atoms with Crippen molar-refractivity contribution >= 4 is 28.5 Å². The van der Waals surface area contributed by atoms with Crippen LogP contribution in [0.25, 0.3) is 0 Å². The molecule has 0 spiro atoms. The molecule has 0 aliphatic heterocycles. The van der Waals surface area contributed by atoms with Crippen molar-refractivity contribution in [1.82, 2.24) is 4.90 Å². The van der Waals surface area contributed by atoms with Gasteiger partial charge in [0.15, 0.2) is 0 Å². The van der Waals surface area contributed by atoms with Gasteiger partial charge in [-0.05, 0) is 31.7 Å². The second-order valence-corrected chi connectivity index (χ2v) is 5.73. The van der Waals surface area contributed by atoms with E-state index in [1.165, 1.54) is 4.88 Å². The maximum atomic E-state index is 5.54. The first-order valence-electron chi connectivity index (χ1n) is 5.64. The molecule has 1 aromatic rings. The summed E-state index contributed by atoms with van der Waals surface area (Å²) in [6.07, 6.45) is 1.94. The Morgan fingerprint density at radius 1 is 1.50 bits per heavy atom. The maximum absolute atomic E-state index is 5.54. The van der Waals surface area contributed by atoms with Crippen molar-refractivity contribution in [2.75, 3.05) is 13.1 Å². The molecule has 1 rings (SSSR count). The first kappa shape index (κ1) is 13.6. The van der Waals surface area contributed by atoms with E-state index in [2.05, 4.69) is 36.3 Å². The van der Waals surface area contributed by atoms with E-state index in [-0.39, 0.29) is 0 Å². The third-order valence-electron chi connectivity index (χ3n) is 2.60. The lowest BCUT2D eigenvalue weighted by atomic mass is 10.2. The lowest BCUT2D eigenvalue weighted by Gasteiger charge is -2.25. The first-order chi connectivity index (χ1) is 7.59. The van der Waals surface area contributed by atoms with Crippen molar-refractivity contribution in [2.24, 2.45) is 5.73 Å². The topological polar surface area (TPSA) is 29.3 Å². The molecule has 0 bridgehead atoms. The number of thiocarbonyl (C=S) groups is 1. The van der Waals surface area contributed by atoms with Gasteiger partial charge in [0, 0.05) is 30.4 Å². The predicted octanol–water partition coefficient (Wildman–Crippen LogP) is 2.68. The number of thiophene rings is 1. The van der Waals surface area contributed by atoms with E-state index in [9.17, 15) is 0 Å². The van der Waals surface area contributed by atoms with Crippen LogP contribution in [0, 0.1) is 0 Å². The summed E-state index contributed by atoms with van der Waals surface area (Å²) in [4.78, 5) is 4.49. The molecule has 0 atom stereocenters. The fourth-order valence-electron chi connectivity index (χ4n) is 1.59. The van der Waals surface area contributed by atoms with E-state index in [1.807, 2.05) is 11.3 Å². The van der Waals surface area contributed by atoms with Crippen LogP contribution in [0.5, 0.6) is 0 Å². The summed E-state index contributed by atoms with van der Waals surface area (Å²) in [6, 6.07) is 4.85. The van der Waals surface area contributed by atoms with Gasteiger partial charge in [-0.15, -0.1) is 11.3 Å². The average molecular weight is 256 g/mol. The molecule has 0 radical (unpaired) electrons. The standard InChI is InChI=1S/C12H20N2S2/c1-10(2)14(8-6-12(13)15)7-5-11-4-3-9-16-11/h3-4,9-10H,5-8H2,1-2H3,(H2,13,15). The van der Waals surface area contributed by atoms with Gasteiger partial charge < -0.3 is 10.6 Å². The molecular formula is C12H20N2S2. The fourth-order valence-corrected chi connectivity index (χ4v) is 2.38. The highest BCUT2D eigenvalue weighted by atomic mass is 32.1. The number of rotatable bonds is 7. The Hall–Kier alpha value is -0.450. The van der Waals surface area contributed by atoms with Gasteiger partial charge in [0.1, 0.15) is 0 Å². The van der Waals surface area contributed by atoms with Crippen LogP contribution in [-0.2, 0) is 6.42 Å². The second-order valence-electron chi connectivity index (χ2n) is 4.18. The molecule has 0 fully saturated rings. The lowest BCUT2D eigenvalue weighted by molar-refractivity contribution is 0.231. The number of nitrogens with two attached hydrogens (primary N) is 1. The van der Waals surface area contributed by atoms with Gasteiger partial charge in [-0.25, -0.2) is 0 Å². The Morgan fingerprint density at radius 3 is 2.75 bits per heavy atom. The van der Waals surface area contributed by atoms with Crippen LogP contribution in [-0.4, -0.2) is 29.0 Å². The van der Waals surface area contributed by atoms with Crippen molar-refractivity contribution in [3.8, 4) is 0 Å². The van der Waals surface area contributed by atoms with Gasteiger partial charge in [0.25, 0.3) is 0 Å². The smallest absolute Gasteiger partial charge is 0.0740 e. The van der Waals surface area contributed by atoms with Crippen LogP contribution in [0.4, 0.5) is 0 Å². The van der Waals surface area contributed by atoms with Crippen LogP contribution in [0.3, 0.4) is 0 Å². The van der Waals surface area contributed by atoms with Crippen molar-refractivity contribution in [2.45, 2.75) is 32.7 Å². The minimum Gasteiger partial charge on any atom is -0.393 e. The quantitative estimate of drug-likeness (QED) is 0.761. The molecule has 0 aliphatic carbocycles. The van der Waals surface area contributed by atoms with Crippen molar-refractivity contribution in [1.29, 1.82) is 0 Å². The Morgan fingerprint density at radius 2 is 2.25 bits per heavy atom. The molecule has 0 saturated heterocycles. The van der Waals surface area contributed by atoms with Crippen molar-refractivity contribution in [3.05, 3.63) is 22.4 Å². The third kappa shape index (κ3) is 5.05. The highest BCUT2D eigenvalue weighted by molar-refractivity contribution is 7.80. The normalized spacial score (nSPS) is 11.2. The summed E-state index contributed by atoms with van der Waals surface area (Å²) in [6.45, 7) is 6.49. The minimum atomic E-state index is 0.550. The molecule has 0 saturated carbocycles. The average Bonchev–Trinajstić information content (AvgIpc) is 2.69. The van der Waals surface area contributed by atoms with E-state index in [0.717, 1.165) is 25.9 Å². The summed E-state index contributed by atoms with van der Waals surface area (Å²) < 4.78 is 0. The van der Waals surface area contributed by atoms with E-state index in [0.29, 0.717) is 11.0 Å². The van der Waals surface area contributed by atoms with Gasteiger partial charge in [-0.1, -0.05) is 18.3 Å². The molecule has 2 N–H and O–H groups in total. The minimum absolute atomic E-state index is 0.550. The second kappa shape index (κ2) is 6.99. The Bertz CT molecular complexity index is 307. The highest BCUT2D eigenvalue weighted by Gasteiger charge is 2.09. The number of hydrogen-bond donors (Lipinski definition) is 1. The summed E-state index contributed by atoms with van der Waals surface area (Å²) in [7, 11) is 0. The SMILES string of the molecule is CC(C)N(CCC(N)=S)CCc1cccs1. The summed E-state index contributed by atoms with van der Waals surface area (Å²) >= 11 is 6.74. The number of hydrogen-bond acceptors (Lipinski definition) is 3. The molecular weight excluding hydrogens is 236 g/mol. The monoisotopic (exact) mass is 256 g/mol. The molecule has 90 valence electrons. The van der Waals surface area contributed by atoms with Crippen molar-refractivity contribution in [3.63, 3.8) is 0 Å². The van der Waals surface area contributed by atoms with Crippen molar-refractivity contribution < 1.29 is 0 Å². The zero-order valence-corrected chi connectivity index (χ0v) is 11.6. The molecule has 2 nitrogen and oxygen atoms in total. The lowest BCUT2D eigenvalue weighted by Crippen LogP contribution is -2.35. The first-order valence-corrected chi connectivity index (χ1v) is 6.93. The molecule has 0 amide bonds. The van der Waals surface area contributed by atoms with E-state index in [4.69, 9.17) is 18.0 Å². The van der Waals surface area contributed by atoms with E-state index < -0.39 is 0 Å². The van der Waals surface area contributed by atoms with Gasteiger partial charge in [0.05, 0.1) is 4.99 Å². The molecule has 4 heteroatoms. The molecule has 16 heavy (non-hydrogen) atoms.